The first-order chi connectivity index (χ1) is 13.4. The van der Waals surface area contributed by atoms with Gasteiger partial charge in [0.25, 0.3) is 0 Å². The number of hydrogen-bond acceptors (Lipinski definition) is 5. The Morgan fingerprint density at radius 2 is 1.76 bits per heavy atom. The van der Waals surface area contributed by atoms with Crippen LogP contribution in [-0.4, -0.2) is 55.5 Å². The maximum absolute atomic E-state index is 12.8. The maximum Gasteiger partial charge on any atom is 0.243 e. The van der Waals surface area contributed by atoms with E-state index in [1.807, 2.05) is 20.8 Å². The van der Waals surface area contributed by atoms with Crippen LogP contribution in [0.4, 0.5) is 0 Å². The van der Waals surface area contributed by atoms with Crippen molar-refractivity contribution in [1.82, 2.24) is 14.9 Å². The van der Waals surface area contributed by atoms with Crippen molar-refractivity contribution in [2.24, 2.45) is 5.92 Å². The van der Waals surface area contributed by atoms with E-state index in [0.717, 1.165) is 0 Å². The third-order valence-corrected chi connectivity index (χ3v) is 6.54. The number of sulfonamides is 1. The number of rotatable bonds is 6. The number of amides is 2. The highest BCUT2D eigenvalue weighted by Gasteiger charge is 2.32. The molecule has 1 aromatic carbocycles. The molecule has 0 radical (unpaired) electrons. The lowest BCUT2D eigenvalue weighted by molar-refractivity contribution is -0.129. The highest BCUT2D eigenvalue weighted by atomic mass is 32.2. The molecule has 1 aliphatic heterocycles. The van der Waals surface area contributed by atoms with Crippen molar-refractivity contribution < 1.29 is 22.8 Å². The van der Waals surface area contributed by atoms with Gasteiger partial charge in [0.05, 0.1) is 11.4 Å². The zero-order chi connectivity index (χ0) is 21.8. The number of ketones is 1. The van der Waals surface area contributed by atoms with Gasteiger partial charge in [-0.25, -0.2) is 8.42 Å². The first-order valence-corrected chi connectivity index (χ1v) is 11.0. The summed E-state index contributed by atoms with van der Waals surface area (Å²) in [7, 11) is -3.73. The van der Waals surface area contributed by atoms with Gasteiger partial charge in [-0.1, -0.05) is 12.1 Å². The average molecular weight is 424 g/mol. The second-order valence-corrected chi connectivity index (χ2v) is 10.2. The molecule has 9 heteroatoms. The highest BCUT2D eigenvalue weighted by molar-refractivity contribution is 7.89. The quantitative estimate of drug-likeness (QED) is 0.670. The number of nitrogens with zero attached hydrogens (tertiary/aromatic N) is 1. The first-order valence-electron chi connectivity index (χ1n) is 9.60. The molecule has 2 amide bonds. The van der Waals surface area contributed by atoms with Gasteiger partial charge >= 0.3 is 0 Å². The third-order valence-electron chi connectivity index (χ3n) is 4.64. The molecule has 0 aromatic heterocycles. The lowest BCUT2D eigenvalue weighted by atomic mass is 9.97. The predicted molar refractivity (Wildman–Crippen MR) is 109 cm³/mol. The summed E-state index contributed by atoms with van der Waals surface area (Å²) >= 11 is 0. The highest BCUT2D eigenvalue weighted by Crippen LogP contribution is 2.24. The monoisotopic (exact) mass is 423 g/mol. The maximum atomic E-state index is 12.8. The molecule has 0 saturated carbocycles. The van der Waals surface area contributed by atoms with Crippen LogP contribution in [0.3, 0.4) is 0 Å². The molecule has 0 aliphatic carbocycles. The number of hydrogen-bond donors (Lipinski definition) is 2. The van der Waals surface area contributed by atoms with Crippen LogP contribution < -0.4 is 10.6 Å². The third kappa shape index (κ3) is 6.37. The van der Waals surface area contributed by atoms with Gasteiger partial charge in [-0.3, -0.25) is 14.4 Å². The Bertz CT molecular complexity index is 882. The van der Waals surface area contributed by atoms with Gasteiger partial charge in [0.15, 0.2) is 5.78 Å². The zero-order valence-corrected chi connectivity index (χ0v) is 18.1. The van der Waals surface area contributed by atoms with Crippen LogP contribution >= 0.6 is 0 Å². The minimum Gasteiger partial charge on any atom is -0.350 e. The lowest BCUT2D eigenvalue weighted by Crippen LogP contribution is -2.48. The minimum absolute atomic E-state index is 0.0759. The summed E-state index contributed by atoms with van der Waals surface area (Å²) in [5.74, 6) is -1.05. The van der Waals surface area contributed by atoms with E-state index in [1.54, 1.807) is 12.1 Å². The topological polar surface area (TPSA) is 113 Å². The minimum atomic E-state index is -3.73. The van der Waals surface area contributed by atoms with E-state index in [-0.39, 0.29) is 53.6 Å². The molecular weight excluding hydrogens is 394 g/mol. The molecule has 0 spiro atoms. The summed E-state index contributed by atoms with van der Waals surface area (Å²) in [5.41, 5.74) is -0.0323. The number of carbonyl (C=O) groups excluding carboxylic acids is 3. The Kier molecular flexibility index (Phi) is 7.18. The summed E-state index contributed by atoms with van der Waals surface area (Å²) in [6.07, 6.45) is 0.747. The Labute approximate surface area is 172 Å². The molecule has 29 heavy (non-hydrogen) atoms. The zero-order valence-electron chi connectivity index (χ0n) is 17.3. The molecule has 2 rings (SSSR count). The van der Waals surface area contributed by atoms with Crippen LogP contribution in [-0.2, 0) is 19.6 Å². The Hall–Kier alpha value is -2.26. The Balaban J connectivity index is 1.92. The normalized spacial score (nSPS) is 16.3. The van der Waals surface area contributed by atoms with E-state index >= 15 is 0 Å². The summed E-state index contributed by atoms with van der Waals surface area (Å²) in [6, 6.07) is 5.97. The lowest BCUT2D eigenvalue weighted by Gasteiger charge is -2.30. The van der Waals surface area contributed by atoms with Crippen LogP contribution in [0.5, 0.6) is 0 Å². The van der Waals surface area contributed by atoms with E-state index in [4.69, 9.17) is 0 Å². The Morgan fingerprint density at radius 1 is 1.14 bits per heavy atom. The smallest absolute Gasteiger partial charge is 0.243 e. The predicted octanol–water partition coefficient (Wildman–Crippen LogP) is 1.32. The van der Waals surface area contributed by atoms with Crippen molar-refractivity contribution in [3.63, 3.8) is 0 Å². The number of nitrogens with one attached hydrogen (secondary N) is 2. The van der Waals surface area contributed by atoms with Crippen molar-refractivity contribution >= 4 is 27.6 Å². The fourth-order valence-corrected chi connectivity index (χ4v) is 4.67. The molecular formula is C20H29N3O5S. The second kappa shape index (κ2) is 9.04. The van der Waals surface area contributed by atoms with Gasteiger partial charge in [0.2, 0.25) is 21.8 Å². The van der Waals surface area contributed by atoms with Crippen molar-refractivity contribution in [2.45, 2.75) is 51.0 Å². The van der Waals surface area contributed by atoms with E-state index in [9.17, 15) is 22.8 Å². The van der Waals surface area contributed by atoms with Gasteiger partial charge in [0.1, 0.15) is 0 Å². The van der Waals surface area contributed by atoms with Crippen molar-refractivity contribution in [2.75, 3.05) is 19.6 Å². The van der Waals surface area contributed by atoms with Gasteiger partial charge in [-0.2, -0.15) is 4.31 Å². The van der Waals surface area contributed by atoms with Crippen molar-refractivity contribution in [3.05, 3.63) is 29.8 Å². The molecule has 160 valence electrons. The first kappa shape index (κ1) is 23.0. The molecule has 0 unspecified atom stereocenters. The van der Waals surface area contributed by atoms with Crippen LogP contribution in [0.1, 0.15) is 50.9 Å². The van der Waals surface area contributed by atoms with Crippen molar-refractivity contribution in [1.29, 1.82) is 0 Å². The van der Waals surface area contributed by atoms with E-state index in [0.29, 0.717) is 18.4 Å². The number of carbonyl (C=O) groups is 3. The molecule has 0 atom stereocenters. The Morgan fingerprint density at radius 3 is 2.31 bits per heavy atom. The van der Waals surface area contributed by atoms with Crippen LogP contribution in [0, 0.1) is 5.92 Å². The van der Waals surface area contributed by atoms with Crippen LogP contribution in [0.25, 0.3) is 0 Å². The number of benzene rings is 1. The average Bonchev–Trinajstić information content (AvgIpc) is 2.65. The van der Waals surface area contributed by atoms with E-state index in [1.165, 1.54) is 23.4 Å². The molecule has 2 N–H and O–H groups in total. The second-order valence-electron chi connectivity index (χ2n) is 8.28. The summed E-state index contributed by atoms with van der Waals surface area (Å²) < 4.78 is 27.0. The van der Waals surface area contributed by atoms with Gasteiger partial charge in [-0.05, 0) is 52.7 Å². The fraction of sp³-hybridized carbons (Fsp3) is 0.550. The molecule has 1 aromatic rings. The molecule has 8 nitrogen and oxygen atoms in total. The largest absolute Gasteiger partial charge is 0.350 e. The molecule has 1 heterocycles. The van der Waals surface area contributed by atoms with Gasteiger partial charge in [-0.15, -0.1) is 0 Å². The van der Waals surface area contributed by atoms with E-state index < -0.39 is 10.0 Å². The van der Waals surface area contributed by atoms with Crippen molar-refractivity contribution in [3.8, 4) is 0 Å². The summed E-state index contributed by atoms with van der Waals surface area (Å²) in [6.45, 7) is 7.26. The standard InChI is InChI=1S/C20H29N3O5S/c1-14(24)16-6-5-7-17(12-16)29(27,28)23-10-8-15(9-11-23)19(26)21-13-18(25)22-20(2,3)4/h5-7,12,15H,8-11,13H2,1-4H3,(H,21,26)(H,22,25). The van der Waals surface area contributed by atoms with Crippen LogP contribution in [0.15, 0.2) is 29.2 Å². The van der Waals surface area contributed by atoms with E-state index in [2.05, 4.69) is 10.6 Å². The number of Topliss-reactive ketones (excluding diaryl/α,β-unsaturated/α-hetero) is 1. The SMILES string of the molecule is CC(=O)c1cccc(S(=O)(=O)N2CCC(C(=O)NCC(=O)NC(C)(C)C)CC2)c1. The molecule has 1 saturated heterocycles. The van der Waals surface area contributed by atoms with Gasteiger partial charge < -0.3 is 10.6 Å². The fourth-order valence-electron chi connectivity index (χ4n) is 3.16. The van der Waals surface area contributed by atoms with Crippen LogP contribution in [0.2, 0.25) is 0 Å². The summed E-state index contributed by atoms with van der Waals surface area (Å²) in [4.78, 5) is 35.7. The molecule has 1 fully saturated rings. The molecule has 1 aliphatic rings. The number of piperidine rings is 1. The molecule has 0 bridgehead atoms. The van der Waals surface area contributed by atoms with Gasteiger partial charge in [0, 0.05) is 30.1 Å². The summed E-state index contributed by atoms with van der Waals surface area (Å²) in [5, 5.41) is 5.39.